The largest absolute Gasteiger partial charge is 0.493 e. The van der Waals surface area contributed by atoms with Gasteiger partial charge in [0, 0.05) is 12.6 Å². The van der Waals surface area contributed by atoms with Crippen molar-refractivity contribution in [1.29, 1.82) is 0 Å². The molecule has 0 spiro atoms. The van der Waals surface area contributed by atoms with Crippen molar-refractivity contribution in [2.24, 2.45) is 5.41 Å². The lowest BCUT2D eigenvalue weighted by atomic mass is 9.93. The van der Waals surface area contributed by atoms with E-state index in [2.05, 4.69) is 11.3 Å². The van der Waals surface area contributed by atoms with Crippen LogP contribution in [0.15, 0.2) is 53.9 Å². The molecule has 0 atom stereocenters. The second-order valence-electron chi connectivity index (χ2n) is 7.68. The molecule has 0 unspecified atom stereocenters. The SMILES string of the molecule is C=CCN1C(=O)C(C)(C)COc2ccc(NS(=O)(=O)c3ccc(OC)c(OC)c3)cc21. The lowest BCUT2D eigenvalue weighted by Crippen LogP contribution is -2.42. The Morgan fingerprint density at radius 2 is 1.87 bits per heavy atom. The molecule has 0 fully saturated rings. The minimum Gasteiger partial charge on any atom is -0.493 e. The summed E-state index contributed by atoms with van der Waals surface area (Å²) in [5.74, 6) is 1.08. The molecular formula is C22H26N2O6S. The number of hydrogen-bond donors (Lipinski definition) is 1. The van der Waals surface area contributed by atoms with Crippen molar-refractivity contribution < 1.29 is 27.4 Å². The highest BCUT2D eigenvalue weighted by atomic mass is 32.2. The second kappa shape index (κ2) is 8.50. The van der Waals surface area contributed by atoms with Gasteiger partial charge in [0.05, 0.1) is 35.9 Å². The van der Waals surface area contributed by atoms with Gasteiger partial charge >= 0.3 is 0 Å². The van der Waals surface area contributed by atoms with Gasteiger partial charge in [0.1, 0.15) is 12.4 Å². The van der Waals surface area contributed by atoms with Gasteiger partial charge in [-0.3, -0.25) is 9.52 Å². The molecule has 1 N–H and O–H groups in total. The topological polar surface area (TPSA) is 94.2 Å². The Labute approximate surface area is 182 Å². The van der Waals surface area contributed by atoms with Crippen molar-refractivity contribution in [2.45, 2.75) is 18.7 Å². The van der Waals surface area contributed by atoms with Crippen molar-refractivity contribution in [1.82, 2.24) is 0 Å². The number of amides is 1. The summed E-state index contributed by atoms with van der Waals surface area (Å²) in [5.41, 5.74) is 0.0307. The van der Waals surface area contributed by atoms with Crippen LogP contribution in [0.2, 0.25) is 0 Å². The lowest BCUT2D eigenvalue weighted by Gasteiger charge is -2.27. The molecule has 0 saturated heterocycles. The molecule has 0 bridgehead atoms. The highest BCUT2D eigenvalue weighted by molar-refractivity contribution is 7.92. The number of nitrogens with zero attached hydrogens (tertiary/aromatic N) is 1. The van der Waals surface area contributed by atoms with E-state index >= 15 is 0 Å². The molecule has 166 valence electrons. The van der Waals surface area contributed by atoms with Gasteiger partial charge in [-0.1, -0.05) is 6.08 Å². The van der Waals surface area contributed by atoms with Crippen molar-refractivity contribution >= 4 is 27.3 Å². The van der Waals surface area contributed by atoms with Gasteiger partial charge in [-0.25, -0.2) is 8.42 Å². The maximum atomic E-state index is 13.0. The van der Waals surface area contributed by atoms with E-state index in [1.807, 2.05) is 0 Å². The van der Waals surface area contributed by atoms with Crippen LogP contribution in [0.5, 0.6) is 17.2 Å². The van der Waals surface area contributed by atoms with Crippen molar-refractivity contribution in [3.05, 3.63) is 49.1 Å². The average Bonchev–Trinajstić information content (AvgIpc) is 2.83. The molecule has 1 heterocycles. The summed E-state index contributed by atoms with van der Waals surface area (Å²) in [6.45, 7) is 7.81. The third-order valence-corrected chi connectivity index (χ3v) is 6.27. The zero-order chi connectivity index (χ0) is 22.8. The Balaban J connectivity index is 1.98. The van der Waals surface area contributed by atoms with Crippen LogP contribution in [0.4, 0.5) is 11.4 Å². The number of fused-ring (bicyclic) bond motifs is 1. The van der Waals surface area contributed by atoms with Crippen LogP contribution in [0, 0.1) is 5.41 Å². The number of ether oxygens (including phenoxy) is 3. The Bertz CT molecular complexity index is 1110. The normalized spacial score (nSPS) is 15.4. The average molecular weight is 447 g/mol. The number of nitrogens with one attached hydrogen (secondary N) is 1. The Kier molecular flexibility index (Phi) is 6.17. The van der Waals surface area contributed by atoms with Crippen LogP contribution in [0.25, 0.3) is 0 Å². The molecule has 0 radical (unpaired) electrons. The minimum atomic E-state index is -3.92. The fourth-order valence-electron chi connectivity index (χ4n) is 3.22. The number of anilines is 2. The molecule has 1 aliphatic heterocycles. The van der Waals surface area contributed by atoms with Crippen LogP contribution in [0.1, 0.15) is 13.8 Å². The fourth-order valence-corrected chi connectivity index (χ4v) is 4.28. The van der Waals surface area contributed by atoms with Crippen LogP contribution in [-0.2, 0) is 14.8 Å². The number of hydrogen-bond acceptors (Lipinski definition) is 6. The summed E-state index contributed by atoms with van der Waals surface area (Å²) in [7, 11) is -1.02. The van der Waals surface area contributed by atoms with E-state index in [9.17, 15) is 13.2 Å². The number of carbonyl (C=O) groups is 1. The highest BCUT2D eigenvalue weighted by Gasteiger charge is 2.37. The van der Waals surface area contributed by atoms with E-state index in [0.29, 0.717) is 28.6 Å². The number of methoxy groups -OCH3 is 2. The Morgan fingerprint density at radius 3 is 2.52 bits per heavy atom. The number of benzene rings is 2. The summed E-state index contributed by atoms with van der Waals surface area (Å²) in [5, 5.41) is 0. The molecule has 1 amide bonds. The first-order valence-corrected chi connectivity index (χ1v) is 11.1. The standard InChI is InChI=1S/C22H26N2O6S/c1-6-11-24-17-12-15(7-9-18(17)30-14-22(2,3)21(24)25)23-31(26,27)16-8-10-19(28-4)20(13-16)29-5/h6-10,12-13,23H,1,11,14H2,2-5H3. The van der Waals surface area contributed by atoms with E-state index in [1.54, 1.807) is 43.0 Å². The molecule has 0 aromatic heterocycles. The monoisotopic (exact) mass is 446 g/mol. The van der Waals surface area contributed by atoms with Crippen LogP contribution in [-0.4, -0.2) is 41.7 Å². The van der Waals surface area contributed by atoms with Gasteiger partial charge in [-0.05, 0) is 44.2 Å². The van der Waals surface area contributed by atoms with Crippen molar-refractivity contribution in [3.63, 3.8) is 0 Å². The van der Waals surface area contributed by atoms with Gasteiger partial charge in [0.15, 0.2) is 11.5 Å². The summed E-state index contributed by atoms with van der Waals surface area (Å²) in [4.78, 5) is 14.6. The summed E-state index contributed by atoms with van der Waals surface area (Å²) in [6.07, 6.45) is 1.61. The Hall–Kier alpha value is -3.20. The molecule has 3 rings (SSSR count). The second-order valence-corrected chi connectivity index (χ2v) is 9.36. The number of carbonyl (C=O) groups excluding carboxylic acids is 1. The van der Waals surface area contributed by atoms with Gasteiger partial charge in [-0.2, -0.15) is 0 Å². The first-order chi connectivity index (χ1) is 14.6. The predicted molar refractivity (Wildman–Crippen MR) is 119 cm³/mol. The van der Waals surface area contributed by atoms with E-state index in [1.165, 1.54) is 32.4 Å². The maximum Gasteiger partial charge on any atom is 0.262 e. The van der Waals surface area contributed by atoms with E-state index in [-0.39, 0.29) is 24.0 Å². The smallest absolute Gasteiger partial charge is 0.262 e. The molecular weight excluding hydrogens is 420 g/mol. The Morgan fingerprint density at radius 1 is 1.16 bits per heavy atom. The molecule has 9 heteroatoms. The lowest BCUT2D eigenvalue weighted by molar-refractivity contribution is -0.127. The summed E-state index contributed by atoms with van der Waals surface area (Å²) >= 11 is 0. The van der Waals surface area contributed by atoms with E-state index in [0.717, 1.165) is 0 Å². The number of rotatable bonds is 7. The van der Waals surface area contributed by atoms with Gasteiger partial charge < -0.3 is 19.1 Å². The van der Waals surface area contributed by atoms with Gasteiger partial charge in [0.25, 0.3) is 10.0 Å². The molecule has 2 aromatic carbocycles. The molecule has 0 saturated carbocycles. The summed E-state index contributed by atoms with van der Waals surface area (Å²) in [6, 6.07) is 9.13. The number of sulfonamides is 1. The van der Waals surface area contributed by atoms with Crippen molar-refractivity contribution in [3.8, 4) is 17.2 Å². The molecule has 1 aliphatic rings. The predicted octanol–water partition coefficient (Wildman–Crippen LogP) is 3.44. The van der Waals surface area contributed by atoms with Crippen LogP contribution in [0.3, 0.4) is 0 Å². The molecule has 31 heavy (non-hydrogen) atoms. The first-order valence-electron chi connectivity index (χ1n) is 9.57. The van der Waals surface area contributed by atoms with Crippen LogP contribution < -0.4 is 23.8 Å². The van der Waals surface area contributed by atoms with Crippen molar-refractivity contribution in [2.75, 3.05) is 37.0 Å². The van der Waals surface area contributed by atoms with Gasteiger partial charge in [0.2, 0.25) is 5.91 Å². The van der Waals surface area contributed by atoms with E-state index < -0.39 is 15.4 Å². The summed E-state index contributed by atoms with van der Waals surface area (Å²) < 4.78 is 44.6. The molecule has 8 nitrogen and oxygen atoms in total. The fraction of sp³-hybridized carbons (Fsp3) is 0.318. The van der Waals surface area contributed by atoms with Crippen LogP contribution >= 0.6 is 0 Å². The molecule has 0 aliphatic carbocycles. The third-order valence-electron chi connectivity index (χ3n) is 4.89. The zero-order valence-corrected chi connectivity index (χ0v) is 18.8. The minimum absolute atomic E-state index is 0.0106. The molecule has 2 aromatic rings. The zero-order valence-electron chi connectivity index (χ0n) is 18.0. The van der Waals surface area contributed by atoms with Gasteiger partial charge in [-0.15, -0.1) is 6.58 Å². The maximum absolute atomic E-state index is 13.0. The first kappa shape index (κ1) is 22.5. The highest BCUT2D eigenvalue weighted by Crippen LogP contribution is 2.39. The van der Waals surface area contributed by atoms with E-state index in [4.69, 9.17) is 14.2 Å². The third kappa shape index (κ3) is 4.46. The quantitative estimate of drug-likeness (QED) is 0.655.